The van der Waals surface area contributed by atoms with Gasteiger partial charge in [-0.05, 0) is 31.2 Å². The molecule has 1 amide bonds. The molecule has 0 saturated carbocycles. The fraction of sp³-hybridized carbons (Fsp3) is 0.188. The van der Waals surface area contributed by atoms with Crippen molar-refractivity contribution in [3.8, 4) is 11.5 Å². The van der Waals surface area contributed by atoms with E-state index < -0.39 is 5.91 Å². The maximum atomic E-state index is 11.3. The average molecular weight is 271 g/mol. The minimum Gasteiger partial charge on any atom is -0.496 e. The molecule has 0 atom stereocenters. The van der Waals surface area contributed by atoms with Crippen LogP contribution in [0.1, 0.15) is 21.5 Å². The third-order valence-electron chi connectivity index (χ3n) is 2.97. The molecular weight excluding hydrogens is 254 g/mol. The zero-order valence-corrected chi connectivity index (χ0v) is 11.6. The van der Waals surface area contributed by atoms with Crippen LogP contribution in [0, 0.1) is 6.92 Å². The molecule has 0 spiro atoms. The summed E-state index contributed by atoms with van der Waals surface area (Å²) in [6.45, 7) is 2.31. The second-order valence-corrected chi connectivity index (χ2v) is 4.46. The van der Waals surface area contributed by atoms with Crippen molar-refractivity contribution >= 4 is 5.91 Å². The summed E-state index contributed by atoms with van der Waals surface area (Å²) < 4.78 is 11.0. The van der Waals surface area contributed by atoms with Crippen LogP contribution >= 0.6 is 0 Å². The summed E-state index contributed by atoms with van der Waals surface area (Å²) in [4.78, 5) is 11.3. The molecule has 104 valence electrons. The topological polar surface area (TPSA) is 61.6 Å². The Kier molecular flexibility index (Phi) is 4.25. The summed E-state index contributed by atoms with van der Waals surface area (Å²) in [6, 6.07) is 12.8. The largest absolute Gasteiger partial charge is 0.496 e. The van der Waals surface area contributed by atoms with Crippen LogP contribution in [0.3, 0.4) is 0 Å². The third kappa shape index (κ3) is 3.09. The van der Waals surface area contributed by atoms with Gasteiger partial charge >= 0.3 is 0 Å². The number of primary amides is 1. The molecule has 0 radical (unpaired) electrons. The smallest absolute Gasteiger partial charge is 0.252 e. The number of carbonyl (C=O) groups is 1. The zero-order chi connectivity index (χ0) is 14.5. The summed E-state index contributed by atoms with van der Waals surface area (Å²) in [5.74, 6) is 0.729. The number of nitrogens with two attached hydrogens (primary N) is 1. The lowest BCUT2D eigenvalue weighted by Gasteiger charge is -2.12. The van der Waals surface area contributed by atoms with Gasteiger partial charge in [0.1, 0.15) is 18.1 Å². The molecule has 4 nitrogen and oxygen atoms in total. The highest BCUT2D eigenvalue weighted by molar-refractivity contribution is 5.95. The monoisotopic (exact) mass is 271 g/mol. The van der Waals surface area contributed by atoms with E-state index in [1.807, 2.05) is 25.1 Å². The Labute approximate surface area is 118 Å². The number of carbonyl (C=O) groups excluding carboxylic acids is 1. The van der Waals surface area contributed by atoms with E-state index in [1.54, 1.807) is 31.4 Å². The Bertz CT molecular complexity index is 623. The van der Waals surface area contributed by atoms with Crippen molar-refractivity contribution in [1.29, 1.82) is 0 Å². The lowest BCUT2D eigenvalue weighted by molar-refractivity contribution is 0.0996. The van der Waals surface area contributed by atoms with Crippen LogP contribution in [-0.2, 0) is 6.61 Å². The van der Waals surface area contributed by atoms with Crippen molar-refractivity contribution in [2.24, 2.45) is 5.73 Å². The van der Waals surface area contributed by atoms with Crippen molar-refractivity contribution in [2.75, 3.05) is 7.11 Å². The Morgan fingerprint density at radius 2 is 1.90 bits per heavy atom. The van der Waals surface area contributed by atoms with E-state index in [9.17, 15) is 4.79 Å². The van der Waals surface area contributed by atoms with E-state index in [4.69, 9.17) is 15.2 Å². The van der Waals surface area contributed by atoms with Crippen LogP contribution in [-0.4, -0.2) is 13.0 Å². The Balaban J connectivity index is 2.21. The van der Waals surface area contributed by atoms with Crippen molar-refractivity contribution in [2.45, 2.75) is 13.5 Å². The number of rotatable bonds is 5. The molecule has 20 heavy (non-hydrogen) atoms. The van der Waals surface area contributed by atoms with Crippen molar-refractivity contribution < 1.29 is 14.3 Å². The molecule has 2 N–H and O–H groups in total. The van der Waals surface area contributed by atoms with Gasteiger partial charge in [0.05, 0.1) is 12.7 Å². The first-order valence-corrected chi connectivity index (χ1v) is 6.27. The van der Waals surface area contributed by atoms with E-state index >= 15 is 0 Å². The SMILES string of the molecule is COc1ccc(C)cc1COc1ccccc1C(N)=O. The van der Waals surface area contributed by atoms with Crippen LogP contribution in [0.5, 0.6) is 11.5 Å². The van der Waals surface area contributed by atoms with E-state index in [2.05, 4.69) is 0 Å². The number of amides is 1. The van der Waals surface area contributed by atoms with Crippen LogP contribution in [0.4, 0.5) is 0 Å². The molecular formula is C16H17NO3. The maximum Gasteiger partial charge on any atom is 0.252 e. The molecule has 0 unspecified atom stereocenters. The van der Waals surface area contributed by atoms with Crippen molar-refractivity contribution in [3.63, 3.8) is 0 Å². The standard InChI is InChI=1S/C16H17NO3/c1-11-7-8-14(19-2)12(9-11)10-20-15-6-4-3-5-13(15)16(17)18/h3-9H,10H2,1-2H3,(H2,17,18). The summed E-state index contributed by atoms with van der Waals surface area (Å²) in [5.41, 5.74) is 7.74. The molecule has 4 heteroatoms. The molecule has 2 rings (SSSR count). The maximum absolute atomic E-state index is 11.3. The highest BCUT2D eigenvalue weighted by atomic mass is 16.5. The van der Waals surface area contributed by atoms with Crippen molar-refractivity contribution in [1.82, 2.24) is 0 Å². The van der Waals surface area contributed by atoms with Gasteiger partial charge in [-0.2, -0.15) is 0 Å². The molecule has 0 aliphatic rings. The molecule has 0 bridgehead atoms. The minimum atomic E-state index is -0.503. The van der Waals surface area contributed by atoms with Gasteiger partial charge < -0.3 is 15.2 Å². The van der Waals surface area contributed by atoms with E-state index in [-0.39, 0.29) is 0 Å². The van der Waals surface area contributed by atoms with E-state index in [0.717, 1.165) is 16.9 Å². The Morgan fingerprint density at radius 1 is 1.15 bits per heavy atom. The molecule has 0 saturated heterocycles. The summed E-state index contributed by atoms with van der Waals surface area (Å²) in [5, 5.41) is 0. The summed E-state index contributed by atoms with van der Waals surface area (Å²) in [6.07, 6.45) is 0. The van der Waals surface area contributed by atoms with Gasteiger partial charge in [-0.15, -0.1) is 0 Å². The van der Waals surface area contributed by atoms with Gasteiger partial charge in [-0.3, -0.25) is 4.79 Å². The van der Waals surface area contributed by atoms with Gasteiger partial charge in [0.2, 0.25) is 0 Å². The molecule has 2 aromatic carbocycles. The summed E-state index contributed by atoms with van der Waals surface area (Å²) in [7, 11) is 1.62. The number of hydrogen-bond donors (Lipinski definition) is 1. The number of ether oxygens (including phenoxy) is 2. The number of para-hydroxylation sites is 1. The number of hydrogen-bond acceptors (Lipinski definition) is 3. The lowest BCUT2D eigenvalue weighted by atomic mass is 10.1. The number of methoxy groups -OCH3 is 1. The molecule has 0 aliphatic carbocycles. The van der Waals surface area contributed by atoms with E-state index in [1.165, 1.54) is 0 Å². The van der Waals surface area contributed by atoms with Gasteiger partial charge in [-0.1, -0.05) is 23.8 Å². The minimum absolute atomic E-state index is 0.315. The quantitative estimate of drug-likeness (QED) is 0.909. The fourth-order valence-corrected chi connectivity index (χ4v) is 1.97. The van der Waals surface area contributed by atoms with Crippen LogP contribution < -0.4 is 15.2 Å². The second-order valence-electron chi connectivity index (χ2n) is 4.46. The predicted molar refractivity (Wildman–Crippen MR) is 77.0 cm³/mol. The fourth-order valence-electron chi connectivity index (χ4n) is 1.97. The average Bonchev–Trinajstić information content (AvgIpc) is 2.45. The third-order valence-corrected chi connectivity index (χ3v) is 2.97. The Morgan fingerprint density at radius 3 is 2.60 bits per heavy atom. The molecule has 0 aliphatic heterocycles. The van der Waals surface area contributed by atoms with Gasteiger partial charge in [0.15, 0.2) is 0 Å². The molecule has 0 heterocycles. The first-order chi connectivity index (χ1) is 9.61. The van der Waals surface area contributed by atoms with Crippen LogP contribution in [0.2, 0.25) is 0 Å². The Hall–Kier alpha value is -2.49. The van der Waals surface area contributed by atoms with Crippen LogP contribution in [0.25, 0.3) is 0 Å². The second kappa shape index (κ2) is 6.10. The van der Waals surface area contributed by atoms with Gasteiger partial charge in [0, 0.05) is 5.56 Å². The van der Waals surface area contributed by atoms with Crippen molar-refractivity contribution in [3.05, 3.63) is 59.2 Å². The molecule has 0 fully saturated rings. The number of benzene rings is 2. The molecule has 0 aromatic heterocycles. The predicted octanol–water partition coefficient (Wildman–Crippen LogP) is 2.68. The van der Waals surface area contributed by atoms with E-state index in [0.29, 0.717) is 17.9 Å². The first kappa shape index (κ1) is 13.9. The lowest BCUT2D eigenvalue weighted by Crippen LogP contribution is -2.13. The number of aryl methyl sites for hydroxylation is 1. The summed E-state index contributed by atoms with van der Waals surface area (Å²) >= 11 is 0. The highest BCUT2D eigenvalue weighted by Gasteiger charge is 2.10. The van der Waals surface area contributed by atoms with Gasteiger partial charge in [0.25, 0.3) is 5.91 Å². The zero-order valence-electron chi connectivity index (χ0n) is 11.6. The van der Waals surface area contributed by atoms with Crippen LogP contribution in [0.15, 0.2) is 42.5 Å². The highest BCUT2D eigenvalue weighted by Crippen LogP contribution is 2.23. The van der Waals surface area contributed by atoms with Gasteiger partial charge in [-0.25, -0.2) is 0 Å². The first-order valence-electron chi connectivity index (χ1n) is 6.27. The normalized spacial score (nSPS) is 10.1. The molecule has 2 aromatic rings.